The predicted octanol–water partition coefficient (Wildman–Crippen LogP) is 3.02. The van der Waals surface area contributed by atoms with Crippen molar-refractivity contribution in [3.63, 3.8) is 0 Å². The quantitative estimate of drug-likeness (QED) is 0.850. The second kappa shape index (κ2) is 5.48. The van der Waals surface area contributed by atoms with Gasteiger partial charge in [-0.25, -0.2) is 0 Å². The minimum absolute atomic E-state index is 0.182. The number of hydrogen-bond donors (Lipinski definition) is 2. The lowest BCUT2D eigenvalue weighted by Gasteiger charge is -2.09. The van der Waals surface area contributed by atoms with Crippen molar-refractivity contribution in [3.05, 3.63) is 53.1 Å². The summed E-state index contributed by atoms with van der Waals surface area (Å²) in [5.41, 5.74) is 10.3. The number of nitrogens with two attached hydrogens (primary N) is 1. The van der Waals surface area contributed by atoms with Crippen LogP contribution in [0, 0.1) is 0 Å². The molecule has 2 aromatic carbocycles. The van der Waals surface area contributed by atoms with Crippen LogP contribution in [0.15, 0.2) is 36.4 Å². The fraction of sp³-hybridized carbons (Fsp3) is 0.235. The van der Waals surface area contributed by atoms with Crippen molar-refractivity contribution >= 4 is 17.3 Å². The molecule has 0 saturated heterocycles. The summed E-state index contributed by atoms with van der Waals surface area (Å²) in [6, 6.07) is 11.1. The topological polar surface area (TPSA) is 64.3 Å². The van der Waals surface area contributed by atoms with Gasteiger partial charge < -0.3 is 15.8 Å². The van der Waals surface area contributed by atoms with Gasteiger partial charge in [0.05, 0.1) is 7.11 Å². The Hall–Kier alpha value is -2.49. The van der Waals surface area contributed by atoms with Crippen LogP contribution in [0.3, 0.4) is 0 Å². The van der Waals surface area contributed by atoms with E-state index in [0.29, 0.717) is 17.0 Å². The summed E-state index contributed by atoms with van der Waals surface area (Å²) in [6.45, 7) is 0. The molecule has 0 aliphatic heterocycles. The van der Waals surface area contributed by atoms with E-state index in [9.17, 15) is 4.79 Å². The van der Waals surface area contributed by atoms with Crippen LogP contribution in [0.4, 0.5) is 11.4 Å². The second-order valence-corrected chi connectivity index (χ2v) is 5.29. The Morgan fingerprint density at radius 2 is 1.95 bits per heavy atom. The third-order valence-electron chi connectivity index (χ3n) is 3.78. The van der Waals surface area contributed by atoms with Crippen LogP contribution >= 0.6 is 0 Å². The molecule has 108 valence electrons. The van der Waals surface area contributed by atoms with E-state index in [1.165, 1.54) is 17.5 Å². The number of nitrogen functional groups attached to an aromatic ring is 1. The number of methoxy groups -OCH3 is 1. The number of rotatable bonds is 3. The highest BCUT2D eigenvalue weighted by Gasteiger charge is 2.13. The van der Waals surface area contributed by atoms with Crippen LogP contribution in [-0.4, -0.2) is 13.0 Å². The van der Waals surface area contributed by atoms with Gasteiger partial charge >= 0.3 is 0 Å². The molecule has 0 fully saturated rings. The van der Waals surface area contributed by atoms with Crippen LogP contribution in [0.1, 0.15) is 27.9 Å². The Kier molecular flexibility index (Phi) is 3.52. The van der Waals surface area contributed by atoms with E-state index >= 15 is 0 Å². The van der Waals surface area contributed by atoms with Crippen LogP contribution < -0.4 is 15.8 Å². The molecule has 0 unspecified atom stereocenters. The smallest absolute Gasteiger partial charge is 0.255 e. The fourth-order valence-corrected chi connectivity index (χ4v) is 2.72. The van der Waals surface area contributed by atoms with Crippen LogP contribution in [-0.2, 0) is 12.8 Å². The van der Waals surface area contributed by atoms with Gasteiger partial charge in [-0.3, -0.25) is 4.79 Å². The summed E-state index contributed by atoms with van der Waals surface area (Å²) in [5.74, 6) is 0.396. The largest absolute Gasteiger partial charge is 0.497 e. The summed E-state index contributed by atoms with van der Waals surface area (Å²) in [6.07, 6.45) is 3.42. The van der Waals surface area contributed by atoms with Crippen molar-refractivity contribution in [2.45, 2.75) is 19.3 Å². The Morgan fingerprint density at radius 1 is 1.14 bits per heavy atom. The molecule has 1 amide bonds. The summed E-state index contributed by atoms with van der Waals surface area (Å²) in [7, 11) is 1.55. The number of amides is 1. The average Bonchev–Trinajstić information content (AvgIpc) is 2.94. The van der Waals surface area contributed by atoms with Crippen molar-refractivity contribution in [3.8, 4) is 5.75 Å². The van der Waals surface area contributed by atoms with Crippen LogP contribution in [0.25, 0.3) is 0 Å². The number of carbonyl (C=O) groups is 1. The summed E-state index contributed by atoms with van der Waals surface area (Å²) in [5, 5.41) is 2.92. The minimum Gasteiger partial charge on any atom is -0.497 e. The Balaban J connectivity index is 1.81. The highest BCUT2D eigenvalue weighted by Crippen LogP contribution is 2.25. The third-order valence-corrected chi connectivity index (χ3v) is 3.78. The van der Waals surface area contributed by atoms with Gasteiger partial charge in [-0.15, -0.1) is 0 Å². The summed E-state index contributed by atoms with van der Waals surface area (Å²) >= 11 is 0. The molecule has 0 heterocycles. The zero-order chi connectivity index (χ0) is 14.8. The van der Waals surface area contributed by atoms with Crippen LogP contribution in [0.2, 0.25) is 0 Å². The number of carbonyl (C=O) groups excluding carboxylic acids is 1. The first-order valence-corrected chi connectivity index (χ1v) is 7.03. The molecule has 0 spiro atoms. The Labute approximate surface area is 123 Å². The number of aryl methyl sites for hydroxylation is 2. The Morgan fingerprint density at radius 3 is 2.76 bits per heavy atom. The van der Waals surface area contributed by atoms with Crippen LogP contribution in [0.5, 0.6) is 5.75 Å². The third kappa shape index (κ3) is 2.84. The van der Waals surface area contributed by atoms with Gasteiger partial charge in [-0.2, -0.15) is 0 Å². The maximum atomic E-state index is 12.3. The van der Waals surface area contributed by atoms with E-state index in [0.717, 1.165) is 18.5 Å². The molecule has 0 saturated carbocycles. The highest BCUT2D eigenvalue weighted by molar-refractivity contribution is 6.05. The first-order chi connectivity index (χ1) is 10.2. The maximum Gasteiger partial charge on any atom is 0.255 e. The van der Waals surface area contributed by atoms with Gasteiger partial charge in [0.1, 0.15) is 5.75 Å². The fourth-order valence-electron chi connectivity index (χ4n) is 2.72. The normalized spacial score (nSPS) is 12.8. The van der Waals surface area contributed by atoms with Gasteiger partial charge in [0.25, 0.3) is 5.91 Å². The molecular formula is C17H18N2O2. The molecular weight excluding hydrogens is 264 g/mol. The lowest BCUT2D eigenvalue weighted by molar-refractivity contribution is 0.102. The van der Waals surface area contributed by atoms with Gasteiger partial charge in [-0.05, 0) is 54.7 Å². The lowest BCUT2D eigenvalue weighted by Crippen LogP contribution is -2.12. The Bertz CT molecular complexity index is 695. The molecule has 1 aliphatic carbocycles. The molecule has 3 N–H and O–H groups in total. The molecule has 2 aromatic rings. The van der Waals surface area contributed by atoms with E-state index in [4.69, 9.17) is 10.5 Å². The number of benzene rings is 2. The highest BCUT2D eigenvalue weighted by atomic mass is 16.5. The molecule has 3 rings (SSSR count). The van der Waals surface area contributed by atoms with Crippen molar-refractivity contribution in [2.75, 3.05) is 18.2 Å². The SMILES string of the molecule is COc1cc(N)cc(C(=O)Nc2ccc3c(c2)CCC3)c1. The van der Waals surface area contributed by atoms with Crippen molar-refractivity contribution < 1.29 is 9.53 Å². The number of nitrogens with one attached hydrogen (secondary N) is 1. The van der Waals surface area contributed by atoms with Gasteiger partial charge in [0.15, 0.2) is 0 Å². The monoisotopic (exact) mass is 282 g/mol. The second-order valence-electron chi connectivity index (χ2n) is 5.29. The molecule has 0 radical (unpaired) electrons. The first-order valence-electron chi connectivity index (χ1n) is 7.03. The number of fused-ring (bicyclic) bond motifs is 1. The van der Waals surface area contributed by atoms with E-state index in [2.05, 4.69) is 17.4 Å². The summed E-state index contributed by atoms with van der Waals surface area (Å²) in [4.78, 5) is 12.3. The molecule has 1 aliphatic rings. The molecule has 0 atom stereocenters. The van der Waals surface area contributed by atoms with Gasteiger partial charge in [0, 0.05) is 23.0 Å². The number of hydrogen-bond acceptors (Lipinski definition) is 3. The number of anilines is 2. The van der Waals surface area contributed by atoms with E-state index in [-0.39, 0.29) is 5.91 Å². The molecule has 4 heteroatoms. The van der Waals surface area contributed by atoms with E-state index in [1.807, 2.05) is 6.07 Å². The number of ether oxygens (including phenoxy) is 1. The van der Waals surface area contributed by atoms with E-state index < -0.39 is 0 Å². The molecule has 0 bridgehead atoms. The minimum atomic E-state index is -0.182. The van der Waals surface area contributed by atoms with Crippen molar-refractivity contribution in [2.24, 2.45) is 0 Å². The predicted molar refractivity (Wildman–Crippen MR) is 83.8 cm³/mol. The zero-order valence-corrected chi connectivity index (χ0v) is 12.0. The van der Waals surface area contributed by atoms with Gasteiger partial charge in [-0.1, -0.05) is 6.07 Å². The lowest BCUT2D eigenvalue weighted by atomic mass is 10.1. The zero-order valence-electron chi connectivity index (χ0n) is 12.0. The van der Waals surface area contributed by atoms with Crippen molar-refractivity contribution in [1.29, 1.82) is 0 Å². The summed E-state index contributed by atoms with van der Waals surface area (Å²) < 4.78 is 5.14. The molecule has 21 heavy (non-hydrogen) atoms. The van der Waals surface area contributed by atoms with E-state index in [1.54, 1.807) is 25.3 Å². The van der Waals surface area contributed by atoms with Gasteiger partial charge in [0.2, 0.25) is 0 Å². The molecule has 4 nitrogen and oxygen atoms in total. The average molecular weight is 282 g/mol. The molecule has 0 aromatic heterocycles. The first kappa shape index (κ1) is 13.5. The maximum absolute atomic E-state index is 12.3. The van der Waals surface area contributed by atoms with Crippen molar-refractivity contribution in [1.82, 2.24) is 0 Å². The standard InChI is InChI=1S/C17H18N2O2/c1-21-16-9-13(7-14(18)10-16)17(20)19-15-6-5-11-3-2-4-12(11)8-15/h5-10H,2-4,18H2,1H3,(H,19,20).